The number of hydrogen-bond donors (Lipinski definition) is 1. The average molecular weight is 597 g/mol. The molecule has 1 unspecified atom stereocenters. The zero-order chi connectivity index (χ0) is 29.6. The highest BCUT2D eigenvalue weighted by Gasteiger charge is 2.60. The van der Waals surface area contributed by atoms with Crippen molar-refractivity contribution >= 4 is 31.4 Å². The molecule has 1 aromatic rings. The number of para-hydroxylation sites is 1. The first-order valence-electron chi connectivity index (χ1n) is 13.5. The molecule has 0 radical (unpaired) electrons. The van der Waals surface area contributed by atoms with Gasteiger partial charge in [-0.15, -0.1) is 0 Å². The van der Waals surface area contributed by atoms with Gasteiger partial charge in [0.05, 0.1) is 19.6 Å². The lowest BCUT2D eigenvalue weighted by molar-refractivity contribution is -0.158. The van der Waals surface area contributed by atoms with E-state index in [0.29, 0.717) is 25.7 Å². The summed E-state index contributed by atoms with van der Waals surface area (Å²) in [5.41, 5.74) is -2.44. The minimum Gasteiger partial charge on any atom is -0.465 e. The fourth-order valence-corrected chi connectivity index (χ4v) is 6.18. The number of benzene rings is 1. The first-order valence-corrected chi connectivity index (χ1v) is 15.0. The molecule has 1 amide bonds. The van der Waals surface area contributed by atoms with Crippen LogP contribution in [0.2, 0.25) is 0 Å². The fourth-order valence-electron chi connectivity index (χ4n) is 4.68. The number of carbonyl (C=O) groups is 4. The van der Waals surface area contributed by atoms with Gasteiger partial charge in [0.1, 0.15) is 17.9 Å². The van der Waals surface area contributed by atoms with Crippen LogP contribution in [0.5, 0.6) is 5.75 Å². The van der Waals surface area contributed by atoms with E-state index in [0.717, 1.165) is 24.1 Å². The van der Waals surface area contributed by atoms with Crippen LogP contribution in [-0.4, -0.2) is 71.9 Å². The van der Waals surface area contributed by atoms with Crippen LogP contribution < -0.4 is 9.61 Å². The fraction of sp³-hybridized carbons (Fsp3) is 0.556. The van der Waals surface area contributed by atoms with Crippen molar-refractivity contribution in [3.63, 3.8) is 0 Å². The summed E-state index contributed by atoms with van der Waals surface area (Å²) in [6.07, 6.45) is -0.401. The van der Waals surface area contributed by atoms with Crippen LogP contribution in [-0.2, 0) is 42.5 Å². The Morgan fingerprint density at radius 1 is 1.10 bits per heavy atom. The molecule has 0 spiro atoms. The second kappa shape index (κ2) is 13.2. The number of halogens is 1. The lowest BCUT2D eigenvalue weighted by atomic mass is 9.97. The number of carbonyl (C=O) groups excluding carboxylic acids is 4. The summed E-state index contributed by atoms with van der Waals surface area (Å²) in [6, 6.07) is 6.94. The SMILES string of the molecule is C[C@@H]1NP(=O)(Oc2ccccc2)OC[C@H]2O[C@@H](N3C=CC(=O)CC3=O)[C@](C)(F)[C@@H]2OC(=O)CCCCCCOC1=O. The minimum atomic E-state index is -4.35. The number of esters is 2. The summed E-state index contributed by atoms with van der Waals surface area (Å²) in [5, 5.41) is 2.55. The van der Waals surface area contributed by atoms with Gasteiger partial charge in [0, 0.05) is 12.6 Å². The Labute approximate surface area is 237 Å². The second-order valence-corrected chi connectivity index (χ2v) is 11.9. The Morgan fingerprint density at radius 2 is 1.83 bits per heavy atom. The number of cyclic esters (lactones) is 1. The number of hydrogen-bond acceptors (Lipinski definition) is 10. The van der Waals surface area contributed by atoms with Gasteiger partial charge < -0.3 is 18.7 Å². The van der Waals surface area contributed by atoms with Gasteiger partial charge in [-0.3, -0.25) is 28.6 Å². The van der Waals surface area contributed by atoms with Gasteiger partial charge in [0.25, 0.3) is 0 Å². The van der Waals surface area contributed by atoms with Crippen molar-refractivity contribution in [2.45, 2.75) is 82.5 Å². The van der Waals surface area contributed by atoms with E-state index in [2.05, 4.69) is 5.09 Å². The van der Waals surface area contributed by atoms with Gasteiger partial charge in [-0.2, -0.15) is 5.09 Å². The largest absolute Gasteiger partial charge is 0.465 e. The molecule has 12 nitrogen and oxygen atoms in total. The van der Waals surface area contributed by atoms with Crippen LogP contribution in [0.4, 0.5) is 4.39 Å². The normalized spacial score (nSPS) is 34.4. The zero-order valence-electron chi connectivity index (χ0n) is 22.9. The monoisotopic (exact) mass is 596 g/mol. The van der Waals surface area contributed by atoms with E-state index in [4.69, 9.17) is 23.3 Å². The minimum absolute atomic E-state index is 0.00411. The third kappa shape index (κ3) is 7.79. The summed E-state index contributed by atoms with van der Waals surface area (Å²) >= 11 is 0. The van der Waals surface area contributed by atoms with Crippen LogP contribution in [0.25, 0.3) is 0 Å². The van der Waals surface area contributed by atoms with Crippen LogP contribution in [0.3, 0.4) is 0 Å². The highest BCUT2D eigenvalue weighted by molar-refractivity contribution is 7.52. The van der Waals surface area contributed by atoms with Gasteiger partial charge in [-0.25, -0.2) is 8.96 Å². The summed E-state index contributed by atoms with van der Waals surface area (Å²) in [7, 11) is -4.35. The molecule has 3 aliphatic rings. The molecule has 1 aromatic carbocycles. The van der Waals surface area contributed by atoms with Crippen molar-refractivity contribution in [2.24, 2.45) is 0 Å². The molecule has 3 heterocycles. The number of allylic oxidation sites excluding steroid dienone is 1. The third-order valence-corrected chi connectivity index (χ3v) is 8.47. The molecule has 6 atom stereocenters. The molecule has 1 N–H and O–H groups in total. The van der Waals surface area contributed by atoms with E-state index in [1.165, 1.54) is 19.1 Å². The van der Waals surface area contributed by atoms with E-state index < -0.39 is 74.5 Å². The smallest absolute Gasteiger partial charge is 0.459 e. The topological polar surface area (TPSA) is 147 Å². The predicted octanol–water partition coefficient (Wildman–Crippen LogP) is 3.36. The summed E-state index contributed by atoms with van der Waals surface area (Å²) < 4.78 is 58.2. The Balaban J connectivity index is 1.63. The number of nitrogens with zero attached hydrogens (tertiary/aromatic N) is 1. The van der Waals surface area contributed by atoms with Gasteiger partial charge in [0.2, 0.25) is 5.91 Å². The molecule has 224 valence electrons. The summed E-state index contributed by atoms with van der Waals surface area (Å²) in [6.45, 7) is 2.07. The Bertz CT molecular complexity index is 1210. The van der Waals surface area contributed by atoms with E-state index in [1.54, 1.807) is 18.2 Å². The van der Waals surface area contributed by atoms with E-state index in [9.17, 15) is 23.7 Å². The van der Waals surface area contributed by atoms with Gasteiger partial charge in [-0.1, -0.05) is 31.0 Å². The third-order valence-electron chi connectivity index (χ3n) is 6.83. The van der Waals surface area contributed by atoms with Crippen molar-refractivity contribution in [1.29, 1.82) is 0 Å². The average Bonchev–Trinajstić information content (AvgIpc) is 3.16. The first-order chi connectivity index (χ1) is 19.5. The molecule has 2 fully saturated rings. The quantitative estimate of drug-likeness (QED) is 0.311. The zero-order valence-corrected chi connectivity index (χ0v) is 23.8. The van der Waals surface area contributed by atoms with Crippen LogP contribution >= 0.6 is 7.75 Å². The Morgan fingerprint density at radius 3 is 2.56 bits per heavy atom. The molecule has 41 heavy (non-hydrogen) atoms. The van der Waals surface area contributed by atoms with E-state index in [1.807, 2.05) is 0 Å². The van der Waals surface area contributed by atoms with Gasteiger partial charge >= 0.3 is 19.7 Å². The summed E-state index contributed by atoms with van der Waals surface area (Å²) in [4.78, 5) is 50.5. The first kappa shape index (κ1) is 30.8. The van der Waals surface area contributed by atoms with E-state index in [-0.39, 0.29) is 18.8 Å². The lowest BCUT2D eigenvalue weighted by Gasteiger charge is -2.33. The Kier molecular flexibility index (Phi) is 9.96. The molecule has 14 heteroatoms. The number of amides is 1. The Hall–Kier alpha value is -3.12. The number of rotatable bonds is 3. The van der Waals surface area contributed by atoms with Crippen molar-refractivity contribution in [1.82, 2.24) is 9.99 Å². The molecular weight excluding hydrogens is 562 g/mol. The molecule has 0 saturated carbocycles. The molecule has 3 aliphatic heterocycles. The lowest BCUT2D eigenvalue weighted by Crippen LogP contribution is -2.52. The molecule has 0 aromatic heterocycles. The molecular formula is C27H34FN2O10P. The van der Waals surface area contributed by atoms with Crippen molar-refractivity contribution in [3.8, 4) is 5.75 Å². The van der Waals surface area contributed by atoms with Crippen molar-refractivity contribution < 1.29 is 51.4 Å². The highest BCUT2D eigenvalue weighted by Crippen LogP contribution is 2.47. The maximum absolute atomic E-state index is 16.4. The van der Waals surface area contributed by atoms with Crippen LogP contribution in [0, 0.1) is 0 Å². The van der Waals surface area contributed by atoms with Crippen LogP contribution in [0.15, 0.2) is 42.6 Å². The molecule has 0 bridgehead atoms. The van der Waals surface area contributed by atoms with E-state index >= 15 is 4.39 Å². The molecule has 0 aliphatic carbocycles. The van der Waals surface area contributed by atoms with Gasteiger partial charge in [0.15, 0.2) is 23.8 Å². The molecule has 4 rings (SSSR count). The van der Waals surface area contributed by atoms with Crippen molar-refractivity contribution in [3.05, 3.63) is 42.6 Å². The number of ketones is 1. The number of alkyl halides is 1. The van der Waals surface area contributed by atoms with Gasteiger partial charge in [-0.05, 0) is 44.9 Å². The second-order valence-electron chi connectivity index (χ2n) is 10.2. The van der Waals surface area contributed by atoms with Crippen LogP contribution in [0.1, 0.15) is 52.4 Å². The summed E-state index contributed by atoms with van der Waals surface area (Å²) in [5.74, 6) is -2.34. The maximum Gasteiger partial charge on any atom is 0.459 e. The number of nitrogens with one attached hydrogen (secondary N) is 1. The number of ether oxygens (including phenoxy) is 3. The molecule has 2 saturated heterocycles. The maximum atomic E-state index is 16.4. The standard InChI is InChI=1S/C27H34FN2O10P/c1-18-25(34)36-15-9-4-3-8-12-23(33)39-24-21(17-37-41(35,29-18)40-20-10-6-5-7-11-20)38-26(27(24,2)28)30-14-13-19(31)16-22(30)32/h5-7,10-11,13-14,18,21,24,26H,3-4,8-9,12,15-17H2,1-2H3,(H,29,35)/t18-,21+,24+,26+,27+,41?/m0/s1. The van der Waals surface area contributed by atoms with Crippen molar-refractivity contribution in [2.75, 3.05) is 13.2 Å². The predicted molar refractivity (Wildman–Crippen MR) is 141 cm³/mol. The number of fused-ring (bicyclic) bond motifs is 1. The highest BCUT2D eigenvalue weighted by atomic mass is 31.2.